The van der Waals surface area contributed by atoms with Crippen LogP contribution in [0.3, 0.4) is 0 Å². The number of rotatable bonds is 7. The van der Waals surface area contributed by atoms with Crippen LogP contribution in [0.1, 0.15) is 18.1 Å². The third-order valence-electron chi connectivity index (χ3n) is 5.26. The van der Waals surface area contributed by atoms with Crippen molar-refractivity contribution in [3.63, 3.8) is 0 Å². The van der Waals surface area contributed by atoms with Gasteiger partial charge in [0.2, 0.25) is 5.88 Å². The average Bonchev–Trinajstić information content (AvgIpc) is 3.13. The third kappa shape index (κ3) is 5.60. The molecule has 3 aromatic rings. The number of H-pyrrole nitrogens is 1. The van der Waals surface area contributed by atoms with Crippen molar-refractivity contribution < 1.29 is 14.3 Å². The second kappa shape index (κ2) is 10.6. The molecule has 0 aliphatic carbocycles. The molecular formula is C24H25ClN4O4. The van der Waals surface area contributed by atoms with Crippen molar-refractivity contribution in [3.05, 3.63) is 81.1 Å². The Morgan fingerprint density at radius 3 is 2.52 bits per heavy atom. The molecule has 0 atom stereocenters. The lowest BCUT2D eigenvalue weighted by molar-refractivity contribution is -0.132. The number of esters is 1. The molecule has 9 heteroatoms. The maximum atomic E-state index is 13.6. The van der Waals surface area contributed by atoms with Gasteiger partial charge in [-0.15, -0.1) is 0 Å². The van der Waals surface area contributed by atoms with Crippen LogP contribution in [-0.4, -0.2) is 59.2 Å². The number of halogens is 1. The molecule has 33 heavy (non-hydrogen) atoms. The highest BCUT2D eigenvalue weighted by Crippen LogP contribution is 2.22. The molecule has 1 saturated heterocycles. The molecule has 2 heterocycles. The zero-order valence-corrected chi connectivity index (χ0v) is 19.0. The van der Waals surface area contributed by atoms with Crippen molar-refractivity contribution >= 4 is 23.3 Å². The van der Waals surface area contributed by atoms with Crippen LogP contribution in [0.5, 0.6) is 5.88 Å². The van der Waals surface area contributed by atoms with E-state index in [-0.39, 0.29) is 17.0 Å². The normalized spacial score (nSPS) is 14.9. The number of ether oxygens (including phenoxy) is 2. The van der Waals surface area contributed by atoms with Crippen LogP contribution in [0.15, 0.2) is 64.4 Å². The lowest BCUT2D eigenvalue weighted by Crippen LogP contribution is -2.40. The number of aromatic amines is 1. The highest BCUT2D eigenvalue weighted by atomic mass is 35.5. The fourth-order valence-electron chi connectivity index (χ4n) is 3.64. The van der Waals surface area contributed by atoms with Gasteiger partial charge >= 0.3 is 5.97 Å². The lowest BCUT2D eigenvalue weighted by Gasteiger charge is -2.26. The number of nitrogens with one attached hydrogen (secondary N) is 1. The summed E-state index contributed by atoms with van der Waals surface area (Å²) in [6.45, 7) is 4.75. The van der Waals surface area contributed by atoms with Crippen LogP contribution in [-0.2, 0) is 16.1 Å². The summed E-state index contributed by atoms with van der Waals surface area (Å²) < 4.78 is 12.1. The van der Waals surface area contributed by atoms with Crippen molar-refractivity contribution in [1.29, 1.82) is 0 Å². The summed E-state index contributed by atoms with van der Waals surface area (Å²) in [6.07, 6.45) is 0. The van der Waals surface area contributed by atoms with Crippen LogP contribution in [0.4, 0.5) is 0 Å². The molecule has 0 unspecified atom stereocenters. The van der Waals surface area contributed by atoms with Crippen molar-refractivity contribution in [3.8, 4) is 11.6 Å². The van der Waals surface area contributed by atoms with Gasteiger partial charge in [0.15, 0.2) is 0 Å². The molecule has 0 amide bonds. The molecule has 0 bridgehead atoms. The molecule has 1 aliphatic rings. The Bertz CT molecular complexity index is 1200. The molecule has 2 aromatic carbocycles. The Balaban J connectivity index is 1.80. The number of hydrogen-bond donors (Lipinski definition) is 1. The van der Waals surface area contributed by atoms with Gasteiger partial charge in [-0.3, -0.25) is 24.6 Å². The van der Waals surface area contributed by atoms with Crippen molar-refractivity contribution in [2.45, 2.75) is 13.5 Å². The smallest absolute Gasteiger partial charge is 0.309 e. The number of benzene rings is 2. The minimum absolute atomic E-state index is 0.0486. The maximum absolute atomic E-state index is 13.6. The van der Waals surface area contributed by atoms with Gasteiger partial charge in [0.1, 0.15) is 5.56 Å². The van der Waals surface area contributed by atoms with Crippen LogP contribution < -0.4 is 10.3 Å². The Hall–Kier alpha value is -3.20. The Labute approximate surface area is 196 Å². The van der Waals surface area contributed by atoms with E-state index in [9.17, 15) is 9.59 Å². The first kappa shape index (κ1) is 23.0. The molecule has 1 aliphatic heterocycles. The number of hydrogen-bond acceptors (Lipinski definition) is 6. The maximum Gasteiger partial charge on any atom is 0.309 e. The second-order valence-electron chi connectivity index (χ2n) is 7.64. The van der Waals surface area contributed by atoms with Gasteiger partial charge in [0.05, 0.1) is 36.2 Å². The van der Waals surface area contributed by atoms with Crippen LogP contribution in [0.2, 0.25) is 5.02 Å². The van der Waals surface area contributed by atoms with Crippen LogP contribution in [0, 0.1) is 0 Å². The zero-order valence-electron chi connectivity index (χ0n) is 18.3. The number of carbonyl (C=O) groups excluding carboxylic acids is 1. The van der Waals surface area contributed by atoms with E-state index < -0.39 is 5.97 Å². The van der Waals surface area contributed by atoms with E-state index in [2.05, 4.69) is 10.00 Å². The molecule has 0 spiro atoms. The average molecular weight is 469 g/mol. The van der Waals surface area contributed by atoms with E-state index in [1.165, 1.54) is 11.6 Å². The Kier molecular flexibility index (Phi) is 7.39. The lowest BCUT2D eigenvalue weighted by atomic mass is 10.1. The fraction of sp³-hybridized carbons (Fsp3) is 0.292. The van der Waals surface area contributed by atoms with E-state index in [1.54, 1.807) is 24.3 Å². The molecule has 1 N–H and O–H groups in total. The third-order valence-corrected chi connectivity index (χ3v) is 5.58. The molecule has 4 rings (SSSR count). The zero-order chi connectivity index (χ0) is 23.2. The summed E-state index contributed by atoms with van der Waals surface area (Å²) in [5.41, 5.74) is 1.82. The van der Waals surface area contributed by atoms with E-state index >= 15 is 0 Å². The van der Waals surface area contributed by atoms with Gasteiger partial charge in [0, 0.05) is 26.6 Å². The predicted octanol–water partition coefficient (Wildman–Crippen LogP) is 3.07. The number of aliphatic imine (C=N–C) groups is 1. The van der Waals surface area contributed by atoms with Crippen LogP contribution in [0.25, 0.3) is 5.69 Å². The largest absolute Gasteiger partial charge is 0.407 e. The van der Waals surface area contributed by atoms with Gasteiger partial charge < -0.3 is 9.47 Å². The summed E-state index contributed by atoms with van der Waals surface area (Å²) >= 11 is 6.33. The number of nitrogens with zero attached hydrogens (tertiary/aromatic N) is 3. The monoisotopic (exact) mass is 468 g/mol. The summed E-state index contributed by atoms with van der Waals surface area (Å²) in [6, 6.07) is 16.7. The molecule has 1 aromatic heterocycles. The predicted molar refractivity (Wildman–Crippen MR) is 127 cm³/mol. The first-order valence-corrected chi connectivity index (χ1v) is 11.1. The topological polar surface area (TPSA) is 88.9 Å². The minimum atomic E-state index is -0.544. The molecule has 172 valence electrons. The quantitative estimate of drug-likeness (QED) is 0.425. The first-order valence-electron chi connectivity index (χ1n) is 10.7. The summed E-state index contributed by atoms with van der Waals surface area (Å²) in [7, 11) is 0. The van der Waals surface area contributed by atoms with Gasteiger partial charge in [-0.25, -0.2) is 4.68 Å². The number of aromatic nitrogens is 2. The van der Waals surface area contributed by atoms with E-state index in [4.69, 9.17) is 26.1 Å². The molecule has 8 nitrogen and oxygen atoms in total. The SMILES string of the molecule is CC(=O)Oc1[nH]n(-c2ccccc2Cl)c(=O)c1C(CN1CCOCC1)=NCc1ccccc1. The molecule has 1 fully saturated rings. The molecule has 0 radical (unpaired) electrons. The van der Waals surface area contributed by atoms with Crippen molar-refractivity contribution in [2.24, 2.45) is 4.99 Å². The van der Waals surface area contributed by atoms with E-state index in [1.807, 2.05) is 30.3 Å². The standard InChI is InChI=1S/C24H25ClN4O4/c1-17(30)33-23-22(24(31)29(27-23)21-10-6-5-9-19(21)25)20(16-28-11-13-32-14-12-28)26-15-18-7-3-2-4-8-18/h2-10,27H,11-16H2,1H3. The van der Waals surface area contributed by atoms with Crippen molar-refractivity contribution in [1.82, 2.24) is 14.7 Å². The van der Waals surface area contributed by atoms with Gasteiger partial charge in [-0.1, -0.05) is 54.1 Å². The van der Waals surface area contributed by atoms with E-state index in [0.29, 0.717) is 42.7 Å². The Morgan fingerprint density at radius 1 is 1.12 bits per heavy atom. The summed E-state index contributed by atoms with van der Waals surface area (Å²) in [4.78, 5) is 32.4. The summed E-state index contributed by atoms with van der Waals surface area (Å²) in [5.74, 6) is -0.495. The van der Waals surface area contributed by atoms with E-state index in [0.717, 1.165) is 18.7 Å². The minimum Gasteiger partial charge on any atom is -0.407 e. The van der Waals surface area contributed by atoms with Gasteiger partial charge in [0.25, 0.3) is 5.56 Å². The highest BCUT2D eigenvalue weighted by molar-refractivity contribution is 6.32. The van der Waals surface area contributed by atoms with Crippen LogP contribution >= 0.6 is 11.6 Å². The first-order chi connectivity index (χ1) is 16.0. The fourth-order valence-corrected chi connectivity index (χ4v) is 3.86. The van der Waals surface area contributed by atoms with Gasteiger partial charge in [-0.2, -0.15) is 0 Å². The number of morpholine rings is 1. The molecule has 0 saturated carbocycles. The number of para-hydroxylation sites is 1. The highest BCUT2D eigenvalue weighted by Gasteiger charge is 2.25. The van der Waals surface area contributed by atoms with Gasteiger partial charge in [-0.05, 0) is 17.7 Å². The number of carbonyl (C=O) groups is 1. The molecular weight excluding hydrogens is 444 g/mol. The van der Waals surface area contributed by atoms with Crippen molar-refractivity contribution in [2.75, 3.05) is 32.8 Å². The second-order valence-corrected chi connectivity index (χ2v) is 8.05. The summed E-state index contributed by atoms with van der Waals surface area (Å²) in [5, 5.41) is 3.29. The Morgan fingerprint density at radius 2 is 1.82 bits per heavy atom.